The lowest BCUT2D eigenvalue weighted by atomic mass is 9.89. The number of rotatable bonds is 3. The van der Waals surface area contributed by atoms with Gasteiger partial charge >= 0.3 is 0 Å². The Bertz CT molecular complexity index is 704. The Hall–Kier alpha value is -2.49. The van der Waals surface area contributed by atoms with Crippen LogP contribution in [-0.4, -0.2) is 34.7 Å². The number of ketones is 1. The van der Waals surface area contributed by atoms with Crippen molar-refractivity contribution in [1.29, 1.82) is 0 Å². The molecule has 2 aromatic rings. The number of carbonyl (C=O) groups is 2. The fraction of sp³-hybridized carbons (Fsp3) is 0.316. The number of carbonyl (C=O) groups excluding carboxylic acids is 2. The first-order chi connectivity index (χ1) is 11.1. The molecule has 0 saturated carbocycles. The molecule has 4 heteroatoms. The molecule has 1 aromatic heterocycles. The van der Waals surface area contributed by atoms with Crippen LogP contribution in [0, 0.1) is 12.8 Å². The van der Waals surface area contributed by atoms with Gasteiger partial charge in [0.25, 0.3) is 5.91 Å². The summed E-state index contributed by atoms with van der Waals surface area (Å²) in [5, 5.41) is 0. The number of likely N-dealkylation sites (tertiary alicyclic amines) is 1. The number of amides is 1. The predicted molar refractivity (Wildman–Crippen MR) is 88.4 cm³/mol. The molecule has 2 heterocycles. The molecule has 0 spiro atoms. The number of benzene rings is 1. The number of hydrogen-bond donors (Lipinski definition) is 0. The van der Waals surface area contributed by atoms with Gasteiger partial charge in [-0.2, -0.15) is 0 Å². The number of pyridine rings is 1. The number of hydrogen-bond acceptors (Lipinski definition) is 3. The van der Waals surface area contributed by atoms with Gasteiger partial charge in [0, 0.05) is 30.3 Å². The maximum atomic E-state index is 12.5. The van der Waals surface area contributed by atoms with Crippen molar-refractivity contribution in [2.24, 2.45) is 5.92 Å². The molecule has 1 aromatic carbocycles. The van der Waals surface area contributed by atoms with E-state index in [9.17, 15) is 9.59 Å². The van der Waals surface area contributed by atoms with Gasteiger partial charge in [0.05, 0.1) is 0 Å². The average molecular weight is 308 g/mol. The number of aromatic nitrogens is 1. The zero-order valence-corrected chi connectivity index (χ0v) is 13.2. The summed E-state index contributed by atoms with van der Waals surface area (Å²) in [6.45, 7) is 3.09. The van der Waals surface area contributed by atoms with Gasteiger partial charge in [0.1, 0.15) is 5.69 Å². The summed E-state index contributed by atoms with van der Waals surface area (Å²) in [4.78, 5) is 31.0. The Kier molecular flexibility index (Phi) is 4.51. The third-order valence-corrected chi connectivity index (χ3v) is 4.32. The van der Waals surface area contributed by atoms with Crippen molar-refractivity contribution in [2.75, 3.05) is 13.1 Å². The molecule has 3 rings (SSSR count). The lowest BCUT2D eigenvalue weighted by Gasteiger charge is -2.31. The van der Waals surface area contributed by atoms with E-state index in [0.29, 0.717) is 31.6 Å². The quantitative estimate of drug-likeness (QED) is 0.819. The number of Topliss-reactive ketones (excluding diaryl/α,β-unsaturated/α-hetero) is 1. The van der Waals surface area contributed by atoms with Gasteiger partial charge in [0.15, 0.2) is 5.78 Å². The van der Waals surface area contributed by atoms with Gasteiger partial charge < -0.3 is 4.90 Å². The molecule has 0 aliphatic carbocycles. The first-order valence-corrected chi connectivity index (χ1v) is 7.97. The molecule has 0 N–H and O–H groups in total. The van der Waals surface area contributed by atoms with Crippen molar-refractivity contribution >= 4 is 11.7 Å². The van der Waals surface area contributed by atoms with Crippen LogP contribution in [0.15, 0.2) is 48.5 Å². The Balaban J connectivity index is 1.62. The average Bonchev–Trinajstić information content (AvgIpc) is 2.61. The van der Waals surface area contributed by atoms with E-state index in [1.54, 1.807) is 11.0 Å². The van der Waals surface area contributed by atoms with E-state index >= 15 is 0 Å². The highest BCUT2D eigenvalue weighted by atomic mass is 16.2. The van der Waals surface area contributed by atoms with Crippen LogP contribution >= 0.6 is 0 Å². The molecule has 1 aliphatic rings. The van der Waals surface area contributed by atoms with Crippen LogP contribution in [0.1, 0.15) is 39.4 Å². The van der Waals surface area contributed by atoms with Gasteiger partial charge in [-0.25, -0.2) is 4.98 Å². The van der Waals surface area contributed by atoms with Crippen molar-refractivity contribution in [1.82, 2.24) is 9.88 Å². The molecule has 0 bridgehead atoms. The molecule has 1 fully saturated rings. The molecule has 0 atom stereocenters. The van der Waals surface area contributed by atoms with Crippen molar-refractivity contribution in [2.45, 2.75) is 19.8 Å². The maximum absolute atomic E-state index is 12.5. The molecule has 1 aliphatic heterocycles. The number of piperidine rings is 1. The molecule has 0 radical (unpaired) electrons. The van der Waals surface area contributed by atoms with Crippen molar-refractivity contribution in [3.05, 3.63) is 65.5 Å². The topological polar surface area (TPSA) is 50.3 Å². The molecule has 1 saturated heterocycles. The lowest BCUT2D eigenvalue weighted by Crippen LogP contribution is -2.40. The predicted octanol–water partition coefficient (Wildman–Crippen LogP) is 3.13. The van der Waals surface area contributed by atoms with Gasteiger partial charge in [0.2, 0.25) is 0 Å². The molecule has 0 unspecified atom stereocenters. The van der Waals surface area contributed by atoms with Crippen LogP contribution in [-0.2, 0) is 0 Å². The summed E-state index contributed by atoms with van der Waals surface area (Å²) in [6, 6.07) is 14.9. The van der Waals surface area contributed by atoms with Crippen LogP contribution in [0.2, 0.25) is 0 Å². The van der Waals surface area contributed by atoms with Crippen molar-refractivity contribution < 1.29 is 9.59 Å². The molecular weight excluding hydrogens is 288 g/mol. The highest BCUT2D eigenvalue weighted by molar-refractivity contribution is 5.98. The second-order valence-electron chi connectivity index (χ2n) is 5.96. The van der Waals surface area contributed by atoms with Crippen LogP contribution in [0.4, 0.5) is 0 Å². The first-order valence-electron chi connectivity index (χ1n) is 7.97. The summed E-state index contributed by atoms with van der Waals surface area (Å²) in [5.74, 6) is 0.151. The third-order valence-electron chi connectivity index (χ3n) is 4.32. The zero-order valence-electron chi connectivity index (χ0n) is 13.2. The second-order valence-corrected chi connectivity index (χ2v) is 5.96. The van der Waals surface area contributed by atoms with E-state index in [0.717, 1.165) is 11.3 Å². The lowest BCUT2D eigenvalue weighted by molar-refractivity contribution is 0.0645. The summed E-state index contributed by atoms with van der Waals surface area (Å²) < 4.78 is 0. The minimum atomic E-state index is -0.0423. The molecule has 23 heavy (non-hydrogen) atoms. The minimum absolute atomic E-state index is 0.00641. The third kappa shape index (κ3) is 3.47. The highest BCUT2D eigenvalue weighted by Crippen LogP contribution is 2.22. The normalized spacial score (nSPS) is 15.4. The standard InChI is InChI=1S/C19H20N2O2/c1-14-6-5-9-17(20-14)19(23)21-12-10-16(11-13-21)18(22)15-7-3-2-4-8-15/h2-9,16H,10-13H2,1H3. The van der Waals surface area contributed by atoms with Crippen molar-refractivity contribution in [3.63, 3.8) is 0 Å². The van der Waals surface area contributed by atoms with E-state index in [1.807, 2.05) is 49.4 Å². The van der Waals surface area contributed by atoms with E-state index in [2.05, 4.69) is 4.98 Å². The fourth-order valence-electron chi connectivity index (χ4n) is 3.01. The first kappa shape index (κ1) is 15.4. The van der Waals surface area contributed by atoms with Gasteiger partial charge in [-0.3, -0.25) is 9.59 Å². The largest absolute Gasteiger partial charge is 0.337 e. The summed E-state index contributed by atoms with van der Waals surface area (Å²) in [6.07, 6.45) is 1.43. The van der Waals surface area contributed by atoms with E-state index in [4.69, 9.17) is 0 Å². The van der Waals surface area contributed by atoms with E-state index in [-0.39, 0.29) is 17.6 Å². The summed E-state index contributed by atoms with van der Waals surface area (Å²) in [7, 11) is 0. The Morgan fingerprint density at radius 2 is 1.70 bits per heavy atom. The smallest absolute Gasteiger partial charge is 0.272 e. The molecule has 118 valence electrons. The highest BCUT2D eigenvalue weighted by Gasteiger charge is 2.28. The molecule has 1 amide bonds. The van der Waals surface area contributed by atoms with Crippen LogP contribution in [0.5, 0.6) is 0 Å². The monoisotopic (exact) mass is 308 g/mol. The number of nitrogens with zero attached hydrogens (tertiary/aromatic N) is 2. The summed E-state index contributed by atoms with van der Waals surface area (Å²) in [5.41, 5.74) is 2.08. The van der Waals surface area contributed by atoms with Gasteiger partial charge in [-0.05, 0) is 31.9 Å². The number of aryl methyl sites for hydroxylation is 1. The van der Waals surface area contributed by atoms with Crippen LogP contribution in [0.25, 0.3) is 0 Å². The van der Waals surface area contributed by atoms with Crippen molar-refractivity contribution in [3.8, 4) is 0 Å². The minimum Gasteiger partial charge on any atom is -0.337 e. The van der Waals surface area contributed by atoms with E-state index < -0.39 is 0 Å². The molecular formula is C19H20N2O2. The van der Waals surface area contributed by atoms with Crippen LogP contribution in [0.3, 0.4) is 0 Å². The Labute approximate surface area is 136 Å². The zero-order chi connectivity index (χ0) is 16.2. The van der Waals surface area contributed by atoms with Gasteiger partial charge in [-0.1, -0.05) is 36.4 Å². The van der Waals surface area contributed by atoms with E-state index in [1.165, 1.54) is 0 Å². The fourth-order valence-corrected chi connectivity index (χ4v) is 3.01. The Morgan fingerprint density at radius 1 is 1.00 bits per heavy atom. The summed E-state index contributed by atoms with van der Waals surface area (Å²) >= 11 is 0. The van der Waals surface area contributed by atoms with Gasteiger partial charge in [-0.15, -0.1) is 0 Å². The SMILES string of the molecule is Cc1cccc(C(=O)N2CCC(C(=O)c3ccccc3)CC2)n1. The van der Waals surface area contributed by atoms with Crippen LogP contribution < -0.4 is 0 Å². The molecule has 4 nitrogen and oxygen atoms in total. The maximum Gasteiger partial charge on any atom is 0.272 e. The second kappa shape index (κ2) is 6.73. The Morgan fingerprint density at radius 3 is 2.35 bits per heavy atom.